The molecule has 5 rings (SSSR count). The van der Waals surface area contributed by atoms with Gasteiger partial charge in [-0.15, -0.1) is 0 Å². The summed E-state index contributed by atoms with van der Waals surface area (Å²) in [6.07, 6.45) is 7.55. The number of amides is 1. The molecule has 192 valence electrons. The Morgan fingerprint density at radius 3 is 2.84 bits per heavy atom. The van der Waals surface area contributed by atoms with Gasteiger partial charge in [0.1, 0.15) is 23.4 Å². The zero-order valence-corrected chi connectivity index (χ0v) is 21.1. The number of likely N-dealkylation sites (tertiary alicyclic amines) is 1. The van der Waals surface area contributed by atoms with Crippen molar-refractivity contribution in [1.82, 2.24) is 14.5 Å². The molecule has 2 aliphatic rings. The van der Waals surface area contributed by atoms with E-state index in [-0.39, 0.29) is 17.4 Å². The number of carbonyl (C=O) groups excluding carboxylic acids is 2. The van der Waals surface area contributed by atoms with Gasteiger partial charge >= 0.3 is 0 Å². The van der Waals surface area contributed by atoms with Crippen LogP contribution in [0.3, 0.4) is 0 Å². The molecule has 1 saturated heterocycles. The Morgan fingerprint density at radius 1 is 1.19 bits per heavy atom. The summed E-state index contributed by atoms with van der Waals surface area (Å²) in [5, 5.41) is 11.4. The van der Waals surface area contributed by atoms with Crippen LogP contribution in [0.25, 0.3) is 5.76 Å². The SMILES string of the molecule is CCCOc1cccc([C@H]2C(=C(O)c3ccc4c(c3)C[C@@H](C)O4)C(=O)C(=O)N2CCCn2ccnc2)c1. The Kier molecular flexibility index (Phi) is 6.99. The van der Waals surface area contributed by atoms with Crippen molar-refractivity contribution in [3.8, 4) is 11.5 Å². The van der Waals surface area contributed by atoms with Crippen molar-refractivity contribution < 1.29 is 24.2 Å². The molecule has 1 fully saturated rings. The molecule has 2 atom stereocenters. The number of nitrogens with zero attached hydrogens (tertiary/aromatic N) is 3. The number of benzene rings is 2. The Hall–Kier alpha value is -4.07. The number of ether oxygens (including phenoxy) is 2. The Labute approximate surface area is 216 Å². The van der Waals surface area contributed by atoms with E-state index in [1.807, 2.05) is 61.0 Å². The molecule has 8 nitrogen and oxygen atoms in total. The van der Waals surface area contributed by atoms with Crippen LogP contribution in [0.1, 0.15) is 49.4 Å². The number of aliphatic hydroxyl groups is 1. The molecule has 0 radical (unpaired) electrons. The van der Waals surface area contributed by atoms with E-state index in [1.54, 1.807) is 23.5 Å². The van der Waals surface area contributed by atoms with Crippen LogP contribution in [0.15, 0.2) is 66.8 Å². The third-order valence-electron chi connectivity index (χ3n) is 6.73. The van der Waals surface area contributed by atoms with Crippen molar-refractivity contribution in [3.63, 3.8) is 0 Å². The third-order valence-corrected chi connectivity index (χ3v) is 6.73. The normalized spacial score (nSPS) is 20.2. The molecule has 3 heterocycles. The van der Waals surface area contributed by atoms with E-state index in [4.69, 9.17) is 9.47 Å². The van der Waals surface area contributed by atoms with E-state index >= 15 is 0 Å². The van der Waals surface area contributed by atoms with E-state index in [0.717, 1.165) is 29.7 Å². The Balaban J connectivity index is 1.53. The third kappa shape index (κ3) is 4.96. The largest absolute Gasteiger partial charge is 0.507 e. The van der Waals surface area contributed by atoms with E-state index in [0.29, 0.717) is 37.4 Å². The predicted molar refractivity (Wildman–Crippen MR) is 138 cm³/mol. The monoisotopic (exact) mass is 501 g/mol. The maximum atomic E-state index is 13.4. The molecular formula is C29H31N3O5. The second kappa shape index (κ2) is 10.5. The minimum Gasteiger partial charge on any atom is -0.507 e. The van der Waals surface area contributed by atoms with Crippen LogP contribution in [0.4, 0.5) is 0 Å². The summed E-state index contributed by atoms with van der Waals surface area (Å²) in [7, 11) is 0. The van der Waals surface area contributed by atoms with Crippen LogP contribution >= 0.6 is 0 Å². The molecular weight excluding hydrogens is 470 g/mol. The Morgan fingerprint density at radius 2 is 2.05 bits per heavy atom. The maximum Gasteiger partial charge on any atom is 0.295 e. The number of ketones is 1. The minimum absolute atomic E-state index is 0.0549. The fraction of sp³-hybridized carbons (Fsp3) is 0.345. The molecule has 1 amide bonds. The molecule has 0 unspecified atom stereocenters. The van der Waals surface area contributed by atoms with Gasteiger partial charge in [0.2, 0.25) is 0 Å². The van der Waals surface area contributed by atoms with Gasteiger partial charge in [0.25, 0.3) is 11.7 Å². The first-order valence-corrected chi connectivity index (χ1v) is 12.7. The van der Waals surface area contributed by atoms with Crippen LogP contribution < -0.4 is 9.47 Å². The molecule has 2 aromatic carbocycles. The number of rotatable bonds is 9. The number of fused-ring (bicyclic) bond motifs is 1. The molecule has 0 spiro atoms. The number of Topliss-reactive ketones (excluding diaryl/α,β-unsaturated/α-hetero) is 1. The summed E-state index contributed by atoms with van der Waals surface area (Å²) in [6.45, 7) is 5.58. The zero-order chi connectivity index (χ0) is 25.9. The average Bonchev–Trinajstić information content (AvgIpc) is 3.61. The lowest BCUT2D eigenvalue weighted by atomic mass is 9.94. The number of carbonyl (C=O) groups is 2. The molecule has 0 saturated carbocycles. The number of imidazole rings is 1. The van der Waals surface area contributed by atoms with Gasteiger partial charge in [0, 0.05) is 37.5 Å². The number of aliphatic hydroxyl groups excluding tert-OH is 1. The highest BCUT2D eigenvalue weighted by molar-refractivity contribution is 6.46. The van der Waals surface area contributed by atoms with Crippen molar-refractivity contribution in [3.05, 3.63) is 83.4 Å². The second-order valence-corrected chi connectivity index (χ2v) is 9.52. The molecule has 0 aliphatic carbocycles. The topological polar surface area (TPSA) is 93.9 Å². The van der Waals surface area contributed by atoms with Gasteiger partial charge < -0.3 is 24.0 Å². The quantitative estimate of drug-likeness (QED) is 0.264. The minimum atomic E-state index is -0.726. The lowest BCUT2D eigenvalue weighted by Gasteiger charge is -2.26. The molecule has 2 aliphatic heterocycles. The summed E-state index contributed by atoms with van der Waals surface area (Å²) < 4.78 is 13.5. The molecule has 1 N–H and O–H groups in total. The van der Waals surface area contributed by atoms with E-state index < -0.39 is 17.7 Å². The van der Waals surface area contributed by atoms with Gasteiger partial charge in [0.05, 0.1) is 24.5 Å². The van der Waals surface area contributed by atoms with Gasteiger partial charge in [-0.2, -0.15) is 0 Å². The standard InChI is InChI=1S/C29H31N3O5/c1-3-14-36-23-7-4-6-20(17-23)26-25(27(33)21-8-9-24-22(16-21)15-19(2)37-24)28(34)29(35)32(26)12-5-11-31-13-10-30-18-31/h4,6-10,13,16-19,26,33H,3,5,11-12,14-15H2,1-2H3/t19-,26+/m1/s1. The lowest BCUT2D eigenvalue weighted by Crippen LogP contribution is -2.31. The van der Waals surface area contributed by atoms with Crippen molar-refractivity contribution in [2.45, 2.75) is 51.8 Å². The van der Waals surface area contributed by atoms with Gasteiger partial charge in [0.15, 0.2) is 0 Å². The predicted octanol–water partition coefficient (Wildman–Crippen LogP) is 4.51. The first-order chi connectivity index (χ1) is 18.0. The van der Waals surface area contributed by atoms with Crippen molar-refractivity contribution >= 4 is 17.4 Å². The Bertz CT molecular complexity index is 1330. The van der Waals surface area contributed by atoms with E-state index in [1.165, 1.54) is 0 Å². The number of hydrogen-bond acceptors (Lipinski definition) is 6. The van der Waals surface area contributed by atoms with Gasteiger partial charge in [-0.25, -0.2) is 4.98 Å². The fourth-order valence-electron chi connectivity index (χ4n) is 5.02. The van der Waals surface area contributed by atoms with Crippen LogP contribution in [0.5, 0.6) is 11.5 Å². The smallest absolute Gasteiger partial charge is 0.295 e. The lowest BCUT2D eigenvalue weighted by molar-refractivity contribution is -0.139. The van der Waals surface area contributed by atoms with Crippen molar-refractivity contribution in [2.75, 3.05) is 13.2 Å². The first-order valence-electron chi connectivity index (χ1n) is 12.7. The molecule has 0 bridgehead atoms. The molecule has 3 aromatic rings. The van der Waals surface area contributed by atoms with Crippen LogP contribution in [0.2, 0.25) is 0 Å². The summed E-state index contributed by atoms with van der Waals surface area (Å²) >= 11 is 0. The number of aromatic nitrogens is 2. The van der Waals surface area contributed by atoms with E-state index in [9.17, 15) is 14.7 Å². The fourth-order valence-corrected chi connectivity index (χ4v) is 5.02. The van der Waals surface area contributed by atoms with Crippen LogP contribution in [-0.4, -0.2) is 50.5 Å². The van der Waals surface area contributed by atoms with Crippen LogP contribution in [-0.2, 0) is 22.6 Å². The van der Waals surface area contributed by atoms with Crippen molar-refractivity contribution in [2.24, 2.45) is 0 Å². The highest BCUT2D eigenvalue weighted by Crippen LogP contribution is 2.41. The number of aryl methyl sites for hydroxylation is 1. The van der Waals surface area contributed by atoms with Crippen LogP contribution in [0, 0.1) is 0 Å². The van der Waals surface area contributed by atoms with Gasteiger partial charge in [-0.1, -0.05) is 19.1 Å². The molecule has 8 heteroatoms. The summed E-state index contributed by atoms with van der Waals surface area (Å²) in [5.74, 6) is -0.0404. The van der Waals surface area contributed by atoms with Gasteiger partial charge in [-0.05, 0) is 61.2 Å². The van der Waals surface area contributed by atoms with Crippen molar-refractivity contribution in [1.29, 1.82) is 0 Å². The maximum absolute atomic E-state index is 13.4. The average molecular weight is 502 g/mol. The summed E-state index contributed by atoms with van der Waals surface area (Å²) in [4.78, 5) is 32.3. The first kappa shape index (κ1) is 24.6. The van der Waals surface area contributed by atoms with Gasteiger partial charge in [-0.3, -0.25) is 9.59 Å². The highest BCUT2D eigenvalue weighted by atomic mass is 16.5. The number of hydrogen-bond donors (Lipinski definition) is 1. The highest BCUT2D eigenvalue weighted by Gasteiger charge is 2.46. The zero-order valence-electron chi connectivity index (χ0n) is 21.1. The summed E-state index contributed by atoms with van der Waals surface area (Å²) in [5.41, 5.74) is 2.27. The molecule has 1 aromatic heterocycles. The van der Waals surface area contributed by atoms with E-state index in [2.05, 4.69) is 4.98 Å². The summed E-state index contributed by atoms with van der Waals surface area (Å²) in [6, 6.07) is 12.1. The second-order valence-electron chi connectivity index (χ2n) is 9.52. The molecule has 37 heavy (non-hydrogen) atoms.